The molecule has 1 heterocycles. The first-order valence-corrected chi connectivity index (χ1v) is 7.11. The molecular formula is C13H13NO4S2. The third-order valence-electron chi connectivity index (χ3n) is 2.60. The molecule has 2 rings (SSSR count). The van der Waals surface area contributed by atoms with E-state index in [1.54, 1.807) is 25.2 Å². The summed E-state index contributed by atoms with van der Waals surface area (Å²) in [6, 6.07) is 0. The molecule has 0 fully saturated rings. The van der Waals surface area contributed by atoms with E-state index in [0.29, 0.717) is 21.0 Å². The Morgan fingerprint density at radius 2 is 2.25 bits per heavy atom. The van der Waals surface area contributed by atoms with Crippen LogP contribution in [0, 0.1) is 3.95 Å². The number of allylic oxidation sites excluding steroid dienone is 4. The zero-order valence-electron chi connectivity index (χ0n) is 10.7. The van der Waals surface area contributed by atoms with Crippen LogP contribution in [0.25, 0.3) is 6.08 Å². The minimum Gasteiger partial charge on any atom is -0.493 e. The quantitative estimate of drug-likeness (QED) is 0.835. The van der Waals surface area contributed by atoms with Crippen molar-refractivity contribution < 1.29 is 19.7 Å². The summed E-state index contributed by atoms with van der Waals surface area (Å²) in [6.07, 6.45) is 6.34. The lowest BCUT2D eigenvalue weighted by atomic mass is 10.1. The maximum atomic E-state index is 11.5. The molecule has 0 amide bonds. The van der Waals surface area contributed by atoms with Crippen molar-refractivity contribution in [2.45, 2.75) is 13.7 Å². The Morgan fingerprint density at radius 1 is 1.50 bits per heavy atom. The van der Waals surface area contributed by atoms with E-state index in [1.807, 2.05) is 0 Å². The van der Waals surface area contributed by atoms with Gasteiger partial charge in [0.15, 0.2) is 9.71 Å². The van der Waals surface area contributed by atoms with E-state index in [0.717, 1.165) is 0 Å². The molecule has 2 N–H and O–H groups in total. The van der Waals surface area contributed by atoms with Gasteiger partial charge in [0, 0.05) is 0 Å². The van der Waals surface area contributed by atoms with E-state index >= 15 is 0 Å². The summed E-state index contributed by atoms with van der Waals surface area (Å²) in [5, 5.41) is 19.0. The molecule has 0 saturated heterocycles. The first-order chi connectivity index (χ1) is 9.56. The second-order valence-corrected chi connectivity index (χ2v) is 5.58. The average Bonchev–Trinajstić information content (AvgIpc) is 2.68. The van der Waals surface area contributed by atoms with E-state index in [1.165, 1.54) is 22.0 Å². The van der Waals surface area contributed by atoms with Gasteiger partial charge in [0.2, 0.25) is 11.7 Å². The molecule has 0 aliphatic heterocycles. The van der Waals surface area contributed by atoms with Crippen LogP contribution in [0.1, 0.15) is 11.8 Å². The molecule has 20 heavy (non-hydrogen) atoms. The van der Waals surface area contributed by atoms with E-state index in [2.05, 4.69) is 0 Å². The smallest absolute Gasteiger partial charge is 0.220 e. The van der Waals surface area contributed by atoms with Crippen molar-refractivity contribution in [3.05, 3.63) is 38.4 Å². The Morgan fingerprint density at radius 3 is 2.85 bits per heavy atom. The lowest BCUT2D eigenvalue weighted by molar-refractivity contribution is -0.114. The number of carbonyl (C=O) groups excluding carboxylic acids is 1. The molecule has 0 atom stereocenters. The van der Waals surface area contributed by atoms with Gasteiger partial charge in [-0.25, -0.2) is 0 Å². The van der Waals surface area contributed by atoms with Gasteiger partial charge in [-0.2, -0.15) is 0 Å². The molecule has 0 unspecified atom stereocenters. The van der Waals surface area contributed by atoms with Crippen molar-refractivity contribution >= 4 is 35.4 Å². The average molecular weight is 311 g/mol. The lowest BCUT2D eigenvalue weighted by Gasteiger charge is -2.09. The topological polar surface area (TPSA) is 71.7 Å². The summed E-state index contributed by atoms with van der Waals surface area (Å²) in [5.41, 5.74) is 0.713. The number of carbonyl (C=O) groups is 1. The third kappa shape index (κ3) is 2.90. The van der Waals surface area contributed by atoms with Crippen molar-refractivity contribution in [3.63, 3.8) is 0 Å². The van der Waals surface area contributed by atoms with Crippen LogP contribution in [-0.4, -0.2) is 27.2 Å². The zero-order valence-corrected chi connectivity index (χ0v) is 12.3. The first kappa shape index (κ1) is 14.7. The molecule has 7 heteroatoms. The van der Waals surface area contributed by atoms with Crippen molar-refractivity contribution in [2.24, 2.45) is 0 Å². The second kappa shape index (κ2) is 6.17. The molecule has 0 spiro atoms. The van der Waals surface area contributed by atoms with Crippen molar-refractivity contribution in [3.8, 4) is 5.88 Å². The van der Waals surface area contributed by atoms with Crippen LogP contribution < -0.4 is 0 Å². The highest BCUT2D eigenvalue weighted by molar-refractivity contribution is 7.73. The van der Waals surface area contributed by atoms with Crippen molar-refractivity contribution in [1.29, 1.82) is 0 Å². The Bertz CT molecular complexity index is 679. The lowest BCUT2D eigenvalue weighted by Crippen LogP contribution is -2.06. The number of hydrogen-bond donors (Lipinski definition) is 2. The molecule has 5 nitrogen and oxygen atoms in total. The number of aromatic hydroxyl groups is 1. The van der Waals surface area contributed by atoms with E-state index in [-0.39, 0.29) is 24.2 Å². The highest BCUT2D eigenvalue weighted by Gasteiger charge is 2.14. The molecule has 1 aromatic heterocycles. The minimum absolute atomic E-state index is 0.0911. The maximum Gasteiger partial charge on any atom is 0.220 e. The van der Waals surface area contributed by atoms with E-state index < -0.39 is 0 Å². The molecule has 0 aromatic carbocycles. The number of ketones is 1. The van der Waals surface area contributed by atoms with Gasteiger partial charge in [-0.3, -0.25) is 9.36 Å². The highest BCUT2D eigenvalue weighted by Crippen LogP contribution is 2.29. The normalized spacial score (nSPS) is 16.6. The Labute approximate surface area is 124 Å². The summed E-state index contributed by atoms with van der Waals surface area (Å²) in [6.45, 7) is 1.83. The van der Waals surface area contributed by atoms with Gasteiger partial charge in [-0.1, -0.05) is 6.08 Å². The number of aliphatic hydroxyl groups is 1. The summed E-state index contributed by atoms with van der Waals surface area (Å²) in [5.74, 6) is -0.00799. The van der Waals surface area contributed by atoms with Crippen LogP contribution in [0.2, 0.25) is 0 Å². The largest absolute Gasteiger partial charge is 0.493 e. The Balaban J connectivity index is 2.39. The number of aromatic nitrogens is 1. The fourth-order valence-corrected chi connectivity index (χ4v) is 2.92. The van der Waals surface area contributed by atoms with E-state index in [4.69, 9.17) is 22.1 Å². The number of hydrogen-bond acceptors (Lipinski definition) is 6. The first-order valence-electron chi connectivity index (χ1n) is 5.89. The summed E-state index contributed by atoms with van der Waals surface area (Å²) in [4.78, 5) is 12.1. The second-order valence-electron chi connectivity index (χ2n) is 3.91. The van der Waals surface area contributed by atoms with Crippen LogP contribution in [0.3, 0.4) is 0 Å². The van der Waals surface area contributed by atoms with Crippen LogP contribution in [-0.2, 0) is 16.3 Å². The van der Waals surface area contributed by atoms with Crippen LogP contribution in [0.5, 0.6) is 5.88 Å². The summed E-state index contributed by atoms with van der Waals surface area (Å²) < 4.78 is 6.83. The molecule has 1 aliphatic carbocycles. The third-order valence-corrected chi connectivity index (χ3v) is 3.99. The van der Waals surface area contributed by atoms with Gasteiger partial charge in [0.1, 0.15) is 6.73 Å². The molecule has 1 aromatic rings. The van der Waals surface area contributed by atoms with Gasteiger partial charge < -0.3 is 14.9 Å². The predicted octanol–water partition coefficient (Wildman–Crippen LogP) is 2.38. The van der Waals surface area contributed by atoms with E-state index in [9.17, 15) is 9.90 Å². The predicted molar refractivity (Wildman–Crippen MR) is 78.9 cm³/mol. The molecule has 0 saturated carbocycles. The molecule has 0 bridgehead atoms. The van der Waals surface area contributed by atoms with Crippen LogP contribution in [0.15, 0.2) is 29.6 Å². The van der Waals surface area contributed by atoms with Gasteiger partial charge in [0.25, 0.3) is 0 Å². The number of thiazole rings is 1. The van der Waals surface area contributed by atoms with Crippen LogP contribution in [0.4, 0.5) is 0 Å². The van der Waals surface area contributed by atoms with Gasteiger partial charge >= 0.3 is 0 Å². The monoisotopic (exact) mass is 311 g/mol. The Hall–Kier alpha value is -1.70. The SMILES string of the molecule is CCOC1=C/C(=C\c2sc(=S)n(CO)c2O)C=CC1=O. The van der Waals surface area contributed by atoms with Crippen molar-refractivity contribution in [2.75, 3.05) is 6.61 Å². The van der Waals surface area contributed by atoms with Crippen molar-refractivity contribution in [1.82, 2.24) is 4.57 Å². The summed E-state index contributed by atoms with van der Waals surface area (Å²) in [7, 11) is 0. The van der Waals surface area contributed by atoms with Gasteiger partial charge in [0.05, 0.1) is 11.5 Å². The number of ether oxygens (including phenoxy) is 1. The van der Waals surface area contributed by atoms with Gasteiger partial charge in [-0.15, -0.1) is 11.3 Å². The fraction of sp³-hybridized carbons (Fsp3) is 0.231. The molecule has 106 valence electrons. The standard InChI is InChI=1S/C13H13NO4S2/c1-2-18-10-5-8(3-4-9(10)16)6-11-12(17)14(7-15)13(19)20-11/h3-6,15,17H,2,7H2,1H3/b8-6-. The van der Waals surface area contributed by atoms with Crippen LogP contribution >= 0.6 is 23.6 Å². The minimum atomic E-state index is -0.376. The number of aliphatic hydroxyl groups excluding tert-OH is 1. The fourth-order valence-electron chi connectivity index (χ4n) is 1.67. The molecular weight excluding hydrogens is 298 g/mol. The number of nitrogens with zero attached hydrogens (tertiary/aromatic N) is 1. The number of rotatable bonds is 4. The highest BCUT2D eigenvalue weighted by atomic mass is 32.1. The van der Waals surface area contributed by atoms with Gasteiger partial charge in [-0.05, 0) is 42.9 Å². The summed E-state index contributed by atoms with van der Waals surface area (Å²) >= 11 is 6.21. The molecule has 1 aliphatic rings. The molecule has 0 radical (unpaired) electrons. The maximum absolute atomic E-state index is 11.5. The zero-order chi connectivity index (χ0) is 14.7. The Kier molecular flexibility index (Phi) is 4.53.